The third kappa shape index (κ3) is 1.47. The Morgan fingerprint density at radius 1 is 0.750 bits per heavy atom. The molecular formula is C14H10OS. The highest BCUT2D eigenvalue weighted by Gasteiger charge is 2.02. The molecule has 1 N–H and O–H groups in total. The lowest BCUT2D eigenvalue weighted by Crippen LogP contribution is -1.79. The average molecular weight is 226 g/mol. The van der Waals surface area contributed by atoms with Gasteiger partial charge in [0.05, 0.1) is 0 Å². The summed E-state index contributed by atoms with van der Waals surface area (Å²) in [4.78, 5) is 0.906. The highest BCUT2D eigenvalue weighted by atomic mass is 32.2. The molecule has 3 aromatic rings. The summed E-state index contributed by atoms with van der Waals surface area (Å²) >= 11 is 0.807. The van der Waals surface area contributed by atoms with Crippen LogP contribution >= 0.6 is 12.0 Å². The molecule has 0 atom stereocenters. The van der Waals surface area contributed by atoms with E-state index in [1.807, 2.05) is 24.3 Å². The number of hydrogen-bond donors (Lipinski definition) is 1. The van der Waals surface area contributed by atoms with Gasteiger partial charge in [0.1, 0.15) is 0 Å². The Morgan fingerprint density at radius 3 is 2.19 bits per heavy atom. The van der Waals surface area contributed by atoms with Crippen LogP contribution in [-0.2, 0) is 0 Å². The van der Waals surface area contributed by atoms with Crippen molar-refractivity contribution in [1.82, 2.24) is 0 Å². The van der Waals surface area contributed by atoms with E-state index >= 15 is 0 Å². The Morgan fingerprint density at radius 2 is 1.44 bits per heavy atom. The molecule has 0 aliphatic heterocycles. The smallest absolute Gasteiger partial charge is 0.0429 e. The van der Waals surface area contributed by atoms with Crippen molar-refractivity contribution in [3.05, 3.63) is 54.6 Å². The molecule has 3 rings (SSSR count). The first kappa shape index (κ1) is 9.70. The van der Waals surface area contributed by atoms with Gasteiger partial charge in [-0.05, 0) is 39.7 Å². The van der Waals surface area contributed by atoms with E-state index in [9.17, 15) is 4.55 Å². The van der Waals surface area contributed by atoms with Crippen LogP contribution in [0.25, 0.3) is 21.5 Å². The Kier molecular flexibility index (Phi) is 2.31. The van der Waals surface area contributed by atoms with Crippen molar-refractivity contribution in [3.63, 3.8) is 0 Å². The number of fused-ring (bicyclic) bond motifs is 2. The van der Waals surface area contributed by atoms with E-state index in [0.717, 1.165) is 27.7 Å². The van der Waals surface area contributed by atoms with E-state index in [4.69, 9.17) is 0 Å². The van der Waals surface area contributed by atoms with E-state index < -0.39 is 0 Å². The minimum absolute atomic E-state index is 0.807. The Bertz CT molecular complexity index is 661. The van der Waals surface area contributed by atoms with Crippen molar-refractivity contribution < 1.29 is 4.55 Å². The van der Waals surface area contributed by atoms with E-state index in [0.29, 0.717) is 0 Å². The molecule has 3 aromatic carbocycles. The largest absolute Gasteiger partial charge is 0.325 e. The number of hydrogen-bond acceptors (Lipinski definition) is 2. The zero-order chi connectivity index (χ0) is 11.0. The molecule has 0 radical (unpaired) electrons. The van der Waals surface area contributed by atoms with Crippen LogP contribution in [0.2, 0.25) is 0 Å². The Labute approximate surface area is 97.9 Å². The van der Waals surface area contributed by atoms with Gasteiger partial charge in [-0.15, -0.1) is 0 Å². The predicted octanol–water partition coefficient (Wildman–Crippen LogP) is 4.56. The van der Waals surface area contributed by atoms with Crippen LogP contribution in [0.1, 0.15) is 0 Å². The normalized spacial score (nSPS) is 11.1. The summed E-state index contributed by atoms with van der Waals surface area (Å²) in [6, 6.07) is 18.5. The fourth-order valence-corrected chi connectivity index (χ4v) is 2.43. The molecule has 2 heteroatoms. The summed E-state index contributed by atoms with van der Waals surface area (Å²) in [5, 5.41) is 4.71. The summed E-state index contributed by atoms with van der Waals surface area (Å²) in [7, 11) is 0. The quantitative estimate of drug-likeness (QED) is 0.485. The van der Waals surface area contributed by atoms with Gasteiger partial charge in [0.25, 0.3) is 0 Å². The summed E-state index contributed by atoms with van der Waals surface area (Å²) < 4.78 is 9.22. The van der Waals surface area contributed by atoms with Crippen molar-refractivity contribution >= 4 is 33.6 Å². The lowest BCUT2D eigenvalue weighted by molar-refractivity contribution is 0.664. The molecule has 0 heterocycles. The molecule has 0 fully saturated rings. The average Bonchev–Trinajstić information content (AvgIpc) is 2.35. The van der Waals surface area contributed by atoms with E-state index in [1.54, 1.807) is 0 Å². The molecule has 0 aliphatic rings. The first-order chi connectivity index (χ1) is 7.88. The molecule has 1 nitrogen and oxygen atoms in total. The molecule has 0 amide bonds. The van der Waals surface area contributed by atoms with Gasteiger partial charge in [-0.1, -0.05) is 36.4 Å². The molecule has 0 aliphatic carbocycles. The van der Waals surface area contributed by atoms with Crippen LogP contribution in [0.3, 0.4) is 0 Å². The zero-order valence-corrected chi connectivity index (χ0v) is 9.37. The molecule has 0 spiro atoms. The standard InChI is InChI=1S/C14H10OS/c15-16-14-7-3-6-12-8-10-4-1-2-5-11(10)9-13(12)14/h1-9,15H. The summed E-state index contributed by atoms with van der Waals surface area (Å²) in [5.41, 5.74) is 0. The monoisotopic (exact) mass is 226 g/mol. The topological polar surface area (TPSA) is 20.2 Å². The second-order valence-corrected chi connectivity index (χ2v) is 4.39. The van der Waals surface area contributed by atoms with Crippen molar-refractivity contribution in [2.24, 2.45) is 0 Å². The molecule has 0 aromatic heterocycles. The third-order valence-corrected chi connectivity index (χ3v) is 3.36. The molecule has 78 valence electrons. The van der Waals surface area contributed by atoms with Gasteiger partial charge in [0.15, 0.2) is 0 Å². The summed E-state index contributed by atoms with van der Waals surface area (Å²) in [6.07, 6.45) is 0. The maximum Gasteiger partial charge on any atom is 0.0429 e. The SMILES string of the molecule is OSc1cccc2cc3ccccc3cc12. The Hall–Kier alpha value is -1.51. The predicted molar refractivity (Wildman–Crippen MR) is 69.9 cm³/mol. The number of rotatable bonds is 1. The first-order valence-corrected chi connectivity index (χ1v) is 5.89. The third-order valence-electron chi connectivity index (χ3n) is 2.81. The van der Waals surface area contributed by atoms with Crippen molar-refractivity contribution in [3.8, 4) is 0 Å². The van der Waals surface area contributed by atoms with Crippen LogP contribution in [0.5, 0.6) is 0 Å². The fourth-order valence-electron chi connectivity index (χ4n) is 2.02. The van der Waals surface area contributed by atoms with Gasteiger partial charge < -0.3 is 4.55 Å². The van der Waals surface area contributed by atoms with Gasteiger partial charge in [-0.2, -0.15) is 0 Å². The fraction of sp³-hybridized carbons (Fsp3) is 0. The van der Waals surface area contributed by atoms with Crippen molar-refractivity contribution in [2.45, 2.75) is 4.90 Å². The van der Waals surface area contributed by atoms with Gasteiger partial charge in [-0.3, -0.25) is 0 Å². The molecule has 0 unspecified atom stereocenters. The minimum Gasteiger partial charge on any atom is -0.325 e. The highest BCUT2D eigenvalue weighted by molar-refractivity contribution is 7.94. The molecular weight excluding hydrogens is 216 g/mol. The molecule has 0 saturated heterocycles. The van der Waals surface area contributed by atoms with E-state index in [-0.39, 0.29) is 0 Å². The summed E-state index contributed by atoms with van der Waals surface area (Å²) in [5.74, 6) is 0. The first-order valence-electron chi connectivity index (χ1n) is 5.11. The van der Waals surface area contributed by atoms with Crippen molar-refractivity contribution in [2.75, 3.05) is 0 Å². The second kappa shape index (κ2) is 3.81. The maximum absolute atomic E-state index is 9.22. The summed E-state index contributed by atoms with van der Waals surface area (Å²) in [6.45, 7) is 0. The molecule has 16 heavy (non-hydrogen) atoms. The van der Waals surface area contributed by atoms with Crippen LogP contribution in [0.15, 0.2) is 59.5 Å². The molecule has 0 bridgehead atoms. The van der Waals surface area contributed by atoms with Crippen LogP contribution < -0.4 is 0 Å². The van der Waals surface area contributed by atoms with Crippen molar-refractivity contribution in [1.29, 1.82) is 0 Å². The van der Waals surface area contributed by atoms with Gasteiger partial charge >= 0.3 is 0 Å². The van der Waals surface area contributed by atoms with Gasteiger partial charge in [0.2, 0.25) is 0 Å². The Balaban J connectivity index is 2.46. The lowest BCUT2D eigenvalue weighted by Gasteiger charge is -2.05. The maximum atomic E-state index is 9.22. The highest BCUT2D eigenvalue weighted by Crippen LogP contribution is 2.29. The van der Waals surface area contributed by atoms with E-state index in [2.05, 4.69) is 30.3 Å². The second-order valence-electron chi connectivity index (χ2n) is 3.77. The zero-order valence-electron chi connectivity index (χ0n) is 8.55. The lowest BCUT2D eigenvalue weighted by atomic mass is 10.0. The number of benzene rings is 3. The molecule has 0 saturated carbocycles. The van der Waals surface area contributed by atoms with Crippen LogP contribution in [0, 0.1) is 0 Å². The van der Waals surface area contributed by atoms with Crippen LogP contribution in [0.4, 0.5) is 0 Å². The van der Waals surface area contributed by atoms with E-state index in [1.165, 1.54) is 10.8 Å². The van der Waals surface area contributed by atoms with Gasteiger partial charge in [-0.25, -0.2) is 0 Å². The van der Waals surface area contributed by atoms with Crippen LogP contribution in [-0.4, -0.2) is 4.55 Å². The van der Waals surface area contributed by atoms with Gasteiger partial charge in [0, 0.05) is 16.9 Å². The minimum atomic E-state index is 0.807.